The number of benzene rings is 6. The summed E-state index contributed by atoms with van der Waals surface area (Å²) in [4.78, 5) is 9.52. The van der Waals surface area contributed by atoms with Crippen molar-refractivity contribution in [2.45, 2.75) is 51.6 Å². The number of hydrogen-bond donors (Lipinski definition) is 1. The summed E-state index contributed by atoms with van der Waals surface area (Å²) in [7, 11) is 0. The summed E-state index contributed by atoms with van der Waals surface area (Å²) in [6.07, 6.45) is -3.48. The van der Waals surface area contributed by atoms with E-state index in [4.69, 9.17) is 19.0 Å². The number of imidazole rings is 1. The molecule has 1 N–H and O–H groups in total. The molecule has 0 fully saturated rings. The number of nitrogens with zero attached hydrogens (tertiary/aromatic N) is 4. The van der Waals surface area contributed by atoms with E-state index in [2.05, 4.69) is 15.5 Å². The molecule has 0 saturated heterocycles. The van der Waals surface area contributed by atoms with E-state index in [-0.39, 0.29) is 35.0 Å². The van der Waals surface area contributed by atoms with Crippen molar-refractivity contribution in [1.29, 1.82) is 0 Å². The van der Waals surface area contributed by atoms with Crippen LogP contribution in [0.3, 0.4) is 0 Å². The molecule has 314 valence electrons. The third-order valence-electron chi connectivity index (χ3n) is 10.4. The summed E-state index contributed by atoms with van der Waals surface area (Å²) in [5, 5.41) is 7.59. The highest BCUT2D eigenvalue weighted by atomic mass is 19.4. The molecule has 12 heteroatoms. The summed E-state index contributed by atoms with van der Waals surface area (Å²) in [5.41, 5.74) is 1.33. The van der Waals surface area contributed by atoms with Gasteiger partial charge < -0.3 is 23.9 Å². The quantitative estimate of drug-likeness (QED) is 0.0862. The Kier molecular flexibility index (Phi) is 11.7. The molecule has 8 nitrogen and oxygen atoms in total. The summed E-state index contributed by atoms with van der Waals surface area (Å²) in [5.74, 6) is 0.551. The number of nitrogens with one attached hydrogen (secondary N) is 1. The zero-order valence-electron chi connectivity index (χ0n) is 34.4. The van der Waals surface area contributed by atoms with Crippen LogP contribution in [0.1, 0.15) is 66.3 Å². The van der Waals surface area contributed by atoms with Gasteiger partial charge in [-0.05, 0) is 73.9 Å². The fourth-order valence-corrected chi connectivity index (χ4v) is 7.88. The number of rotatable bonds is 14. The van der Waals surface area contributed by atoms with Gasteiger partial charge in [-0.3, -0.25) is 0 Å². The number of anilines is 1. The highest BCUT2D eigenvalue weighted by Crippen LogP contribution is 2.47. The Bertz CT molecular complexity index is 2660. The standard InChI is InChI=1S/C50H43F4N5O3/c1-5-60-39-29-41(45(51)44(30-39)61-32(2)3)46(56-38-27-25-34(26-28-38)47-55-33(4)62-58-47)48-57-43(40-23-15-16-24-42(40)50(52,53)54)31-59(48)49(35-17-9-6-10-18-35,36-19-11-7-12-20-36)37-21-13-8-14-22-37/h6-32,46,56H,5H2,1-4H3. The lowest BCUT2D eigenvalue weighted by Crippen LogP contribution is -2.39. The normalized spacial score (nSPS) is 12.3. The largest absolute Gasteiger partial charge is 0.494 e. The Morgan fingerprint density at radius 1 is 0.742 bits per heavy atom. The molecule has 0 aliphatic carbocycles. The second-order valence-corrected chi connectivity index (χ2v) is 14.9. The van der Waals surface area contributed by atoms with Gasteiger partial charge in [0.15, 0.2) is 11.6 Å². The molecule has 0 aliphatic rings. The minimum absolute atomic E-state index is 0.0229. The predicted octanol–water partition coefficient (Wildman–Crippen LogP) is 12.3. The lowest BCUT2D eigenvalue weighted by atomic mass is 9.76. The van der Waals surface area contributed by atoms with Crippen LogP contribution >= 0.6 is 0 Å². The van der Waals surface area contributed by atoms with Crippen LogP contribution in [0.2, 0.25) is 0 Å². The molecule has 0 saturated carbocycles. The maximum Gasteiger partial charge on any atom is 0.417 e. The van der Waals surface area contributed by atoms with Gasteiger partial charge in [0.05, 0.1) is 24.0 Å². The first-order valence-electron chi connectivity index (χ1n) is 20.2. The van der Waals surface area contributed by atoms with Crippen LogP contribution in [-0.4, -0.2) is 32.4 Å². The zero-order valence-corrected chi connectivity index (χ0v) is 34.4. The topological polar surface area (TPSA) is 87.2 Å². The molecule has 8 aromatic rings. The van der Waals surface area contributed by atoms with Crippen LogP contribution in [0.4, 0.5) is 23.2 Å². The second kappa shape index (κ2) is 17.4. The number of ether oxygens (including phenoxy) is 2. The summed E-state index contributed by atoms with van der Waals surface area (Å²) >= 11 is 0. The van der Waals surface area contributed by atoms with Crippen molar-refractivity contribution in [2.75, 3.05) is 11.9 Å². The summed E-state index contributed by atoms with van der Waals surface area (Å²) in [6.45, 7) is 7.37. The molecule has 2 aromatic heterocycles. The molecule has 1 unspecified atom stereocenters. The van der Waals surface area contributed by atoms with Crippen LogP contribution in [0.15, 0.2) is 162 Å². The van der Waals surface area contributed by atoms with E-state index in [0.717, 1.165) is 22.8 Å². The number of aromatic nitrogens is 4. The first-order chi connectivity index (χ1) is 30.0. The van der Waals surface area contributed by atoms with Gasteiger partial charge in [0.25, 0.3) is 0 Å². The van der Waals surface area contributed by atoms with E-state index in [1.807, 2.05) is 102 Å². The third-order valence-corrected chi connectivity index (χ3v) is 10.4. The number of alkyl halides is 3. The fraction of sp³-hybridized carbons (Fsp3) is 0.180. The fourth-order valence-electron chi connectivity index (χ4n) is 7.88. The van der Waals surface area contributed by atoms with Crippen molar-refractivity contribution in [3.8, 4) is 34.1 Å². The van der Waals surface area contributed by atoms with Gasteiger partial charge in [-0.15, -0.1) is 0 Å². The van der Waals surface area contributed by atoms with Crippen molar-refractivity contribution < 1.29 is 31.6 Å². The first kappa shape index (κ1) is 41.5. The maximum absolute atomic E-state index is 17.5. The van der Waals surface area contributed by atoms with Crippen molar-refractivity contribution in [3.63, 3.8) is 0 Å². The van der Waals surface area contributed by atoms with Crippen LogP contribution in [-0.2, 0) is 11.7 Å². The van der Waals surface area contributed by atoms with E-state index in [0.29, 0.717) is 28.7 Å². The van der Waals surface area contributed by atoms with E-state index in [1.54, 1.807) is 63.4 Å². The molecule has 0 radical (unpaired) electrons. The molecule has 0 spiro atoms. The van der Waals surface area contributed by atoms with Gasteiger partial charge in [-0.1, -0.05) is 114 Å². The van der Waals surface area contributed by atoms with Crippen molar-refractivity contribution in [2.24, 2.45) is 0 Å². The Balaban J connectivity index is 1.49. The van der Waals surface area contributed by atoms with Crippen LogP contribution in [0, 0.1) is 12.7 Å². The monoisotopic (exact) mass is 837 g/mol. The van der Waals surface area contributed by atoms with Crippen LogP contribution in [0.25, 0.3) is 22.6 Å². The summed E-state index contributed by atoms with van der Waals surface area (Å²) in [6, 6.07) is 43.4. The van der Waals surface area contributed by atoms with Crippen molar-refractivity contribution in [3.05, 3.63) is 203 Å². The third kappa shape index (κ3) is 8.15. The Labute approximate surface area is 356 Å². The highest BCUT2D eigenvalue weighted by Gasteiger charge is 2.43. The SMILES string of the molecule is CCOc1cc(OC(C)C)c(F)c(C(Nc2ccc(-c3noc(C)n3)cc2)c2nc(-c3ccccc3C(F)(F)F)cn2C(c2ccccc2)(c2ccccc2)c2ccccc2)c1. The molecule has 0 bridgehead atoms. The molecule has 1 atom stereocenters. The van der Waals surface area contributed by atoms with Gasteiger partial charge in [0.1, 0.15) is 23.2 Å². The molecular formula is C50H43F4N5O3. The van der Waals surface area contributed by atoms with E-state index in [9.17, 15) is 13.2 Å². The smallest absolute Gasteiger partial charge is 0.417 e. The Hall–Kier alpha value is -7.21. The summed E-state index contributed by atoms with van der Waals surface area (Å²) < 4.78 is 81.4. The molecule has 6 aromatic carbocycles. The van der Waals surface area contributed by atoms with E-state index >= 15 is 4.39 Å². The van der Waals surface area contributed by atoms with E-state index < -0.39 is 35.2 Å². The number of hydrogen-bond acceptors (Lipinski definition) is 7. The molecule has 0 aliphatic heterocycles. The average molecular weight is 838 g/mol. The van der Waals surface area contributed by atoms with Gasteiger partial charge in [-0.25, -0.2) is 9.37 Å². The molecule has 8 rings (SSSR count). The van der Waals surface area contributed by atoms with Gasteiger partial charge >= 0.3 is 6.18 Å². The predicted molar refractivity (Wildman–Crippen MR) is 231 cm³/mol. The van der Waals surface area contributed by atoms with Gasteiger partial charge in [-0.2, -0.15) is 18.2 Å². The minimum atomic E-state index is -4.71. The lowest BCUT2D eigenvalue weighted by Gasteiger charge is -2.39. The van der Waals surface area contributed by atoms with Crippen LogP contribution in [0.5, 0.6) is 11.5 Å². The number of aryl methyl sites for hydroxylation is 1. The molecule has 0 amide bonds. The van der Waals surface area contributed by atoms with Crippen molar-refractivity contribution >= 4 is 5.69 Å². The van der Waals surface area contributed by atoms with Gasteiger partial charge in [0.2, 0.25) is 11.7 Å². The first-order valence-corrected chi connectivity index (χ1v) is 20.2. The lowest BCUT2D eigenvalue weighted by molar-refractivity contribution is -0.137. The zero-order chi connectivity index (χ0) is 43.4. The molecule has 2 heterocycles. The highest BCUT2D eigenvalue weighted by molar-refractivity contribution is 5.67. The van der Waals surface area contributed by atoms with Crippen molar-refractivity contribution in [1.82, 2.24) is 19.7 Å². The van der Waals surface area contributed by atoms with Crippen LogP contribution < -0.4 is 14.8 Å². The maximum atomic E-state index is 17.5. The molecule has 62 heavy (non-hydrogen) atoms. The Morgan fingerprint density at radius 2 is 1.32 bits per heavy atom. The van der Waals surface area contributed by atoms with E-state index in [1.165, 1.54) is 18.2 Å². The molecular weight excluding hydrogens is 795 g/mol. The van der Waals surface area contributed by atoms with Gasteiger partial charge in [0, 0.05) is 41.6 Å². The Morgan fingerprint density at radius 3 is 1.85 bits per heavy atom. The number of halogens is 4. The minimum Gasteiger partial charge on any atom is -0.494 e. The average Bonchev–Trinajstić information content (AvgIpc) is 3.92. The second-order valence-electron chi connectivity index (χ2n) is 14.9.